The van der Waals surface area contributed by atoms with Gasteiger partial charge >= 0.3 is 5.97 Å². The minimum Gasteiger partial charge on any atom is -0.460 e. The Kier molecular flexibility index (Phi) is 5.22. The number of ether oxygens (including phenoxy) is 1. The van der Waals surface area contributed by atoms with Crippen LogP contribution in [0.5, 0.6) is 0 Å². The molecular formula is C16H30N2O3. The van der Waals surface area contributed by atoms with Crippen molar-refractivity contribution >= 4 is 11.8 Å². The topological polar surface area (TPSA) is 81.4 Å². The van der Waals surface area contributed by atoms with E-state index in [-0.39, 0.29) is 11.8 Å². The lowest BCUT2D eigenvalue weighted by Crippen LogP contribution is -2.58. The van der Waals surface area contributed by atoms with Gasteiger partial charge in [0, 0.05) is 5.41 Å². The first-order valence-corrected chi connectivity index (χ1v) is 7.68. The zero-order valence-electron chi connectivity index (χ0n) is 14.2. The second-order valence-electron chi connectivity index (χ2n) is 7.61. The molecule has 0 aliphatic carbocycles. The van der Waals surface area contributed by atoms with Crippen LogP contribution in [0, 0.1) is 10.8 Å². The molecule has 21 heavy (non-hydrogen) atoms. The van der Waals surface area contributed by atoms with E-state index in [1.54, 1.807) is 6.92 Å². The Balaban J connectivity index is 3.18. The summed E-state index contributed by atoms with van der Waals surface area (Å²) in [7, 11) is 0. The van der Waals surface area contributed by atoms with Crippen molar-refractivity contribution in [2.45, 2.75) is 66.0 Å². The van der Waals surface area contributed by atoms with Gasteiger partial charge in [0.2, 0.25) is 0 Å². The van der Waals surface area contributed by atoms with E-state index >= 15 is 0 Å². The number of nitrogens with one attached hydrogen (secondary N) is 1. The molecule has 0 spiro atoms. The zero-order valence-corrected chi connectivity index (χ0v) is 14.2. The van der Waals surface area contributed by atoms with E-state index in [1.165, 1.54) is 0 Å². The third-order valence-electron chi connectivity index (χ3n) is 4.45. The normalized spacial score (nSPS) is 20.7. The molecule has 1 saturated heterocycles. The van der Waals surface area contributed by atoms with Crippen LogP contribution in [0.25, 0.3) is 0 Å². The van der Waals surface area contributed by atoms with Gasteiger partial charge in [-0.3, -0.25) is 9.59 Å². The molecule has 0 aromatic carbocycles. The molecule has 1 aliphatic rings. The summed E-state index contributed by atoms with van der Waals surface area (Å²) < 4.78 is 5.56. The number of nitrogens with two attached hydrogens (primary N) is 1. The number of rotatable bonds is 4. The number of hydrogen-bond acceptors (Lipinski definition) is 5. The van der Waals surface area contributed by atoms with Crippen molar-refractivity contribution in [1.82, 2.24) is 5.32 Å². The van der Waals surface area contributed by atoms with Crippen LogP contribution in [0.15, 0.2) is 0 Å². The smallest absolute Gasteiger partial charge is 0.313 e. The van der Waals surface area contributed by atoms with Gasteiger partial charge in [-0.05, 0) is 67.5 Å². The molecule has 0 saturated carbocycles. The third kappa shape index (κ3) is 3.64. The quantitative estimate of drug-likeness (QED) is 0.771. The molecule has 1 heterocycles. The molecule has 122 valence electrons. The summed E-state index contributed by atoms with van der Waals surface area (Å²) in [5.41, 5.74) is 3.63. The Labute approximate surface area is 128 Å². The zero-order chi connectivity index (χ0) is 16.5. The predicted octanol–water partition coefficient (Wildman–Crippen LogP) is 1.64. The van der Waals surface area contributed by atoms with E-state index < -0.39 is 22.5 Å². The van der Waals surface area contributed by atoms with Crippen molar-refractivity contribution in [2.75, 3.05) is 13.1 Å². The monoisotopic (exact) mass is 298 g/mol. The minimum absolute atomic E-state index is 0.0418. The molecule has 1 aliphatic heterocycles. The molecule has 1 atom stereocenters. The Hall–Kier alpha value is -0.940. The number of piperidine rings is 1. The standard InChI is InChI=1S/C16H30N2O3/c1-11(17)12(19)16(7-9-18-10-8-16)15(5,6)13(20)21-14(2,3)4/h11,18H,7-10,17H2,1-6H3/t11-/m0/s1. The van der Waals surface area contributed by atoms with Crippen molar-refractivity contribution in [2.24, 2.45) is 16.6 Å². The summed E-state index contributed by atoms with van der Waals surface area (Å²) in [4.78, 5) is 25.5. The predicted molar refractivity (Wildman–Crippen MR) is 82.8 cm³/mol. The van der Waals surface area contributed by atoms with Crippen molar-refractivity contribution in [3.63, 3.8) is 0 Å². The fraction of sp³-hybridized carbons (Fsp3) is 0.875. The summed E-state index contributed by atoms with van der Waals surface area (Å²) in [6.45, 7) is 12.3. The van der Waals surface area contributed by atoms with Crippen LogP contribution in [0.1, 0.15) is 54.4 Å². The Bertz CT molecular complexity index is 402. The molecule has 5 heteroatoms. The van der Waals surface area contributed by atoms with Crippen LogP contribution in [0.2, 0.25) is 0 Å². The van der Waals surface area contributed by atoms with Crippen LogP contribution < -0.4 is 11.1 Å². The summed E-state index contributed by atoms with van der Waals surface area (Å²) in [5.74, 6) is -0.370. The molecule has 0 unspecified atom stereocenters. The van der Waals surface area contributed by atoms with E-state index in [0.29, 0.717) is 25.9 Å². The lowest BCUT2D eigenvalue weighted by Gasteiger charge is -2.47. The highest BCUT2D eigenvalue weighted by Crippen LogP contribution is 2.48. The Morgan fingerprint density at radius 2 is 1.62 bits per heavy atom. The van der Waals surface area contributed by atoms with Crippen LogP contribution in [-0.2, 0) is 14.3 Å². The fourth-order valence-corrected chi connectivity index (χ4v) is 3.07. The molecule has 0 amide bonds. The van der Waals surface area contributed by atoms with Gasteiger partial charge in [-0.2, -0.15) is 0 Å². The molecule has 0 radical (unpaired) electrons. The molecule has 0 aromatic heterocycles. The van der Waals surface area contributed by atoms with Gasteiger partial charge in [0.25, 0.3) is 0 Å². The molecule has 1 rings (SSSR count). The number of esters is 1. The van der Waals surface area contributed by atoms with Gasteiger partial charge in [0.1, 0.15) is 5.60 Å². The van der Waals surface area contributed by atoms with Crippen molar-refractivity contribution in [3.8, 4) is 0 Å². The molecular weight excluding hydrogens is 268 g/mol. The summed E-state index contributed by atoms with van der Waals surface area (Å²) >= 11 is 0. The van der Waals surface area contributed by atoms with Gasteiger partial charge in [-0.25, -0.2) is 0 Å². The van der Waals surface area contributed by atoms with Crippen molar-refractivity contribution in [1.29, 1.82) is 0 Å². The van der Waals surface area contributed by atoms with E-state index in [0.717, 1.165) is 0 Å². The van der Waals surface area contributed by atoms with Crippen LogP contribution in [0.4, 0.5) is 0 Å². The van der Waals surface area contributed by atoms with Crippen LogP contribution in [0.3, 0.4) is 0 Å². The van der Waals surface area contributed by atoms with Gasteiger partial charge in [0.05, 0.1) is 11.5 Å². The van der Waals surface area contributed by atoms with E-state index in [4.69, 9.17) is 10.5 Å². The van der Waals surface area contributed by atoms with Crippen molar-refractivity contribution < 1.29 is 14.3 Å². The highest BCUT2D eigenvalue weighted by atomic mass is 16.6. The lowest BCUT2D eigenvalue weighted by atomic mass is 9.57. The Morgan fingerprint density at radius 1 is 1.14 bits per heavy atom. The summed E-state index contributed by atoms with van der Waals surface area (Å²) in [5, 5.41) is 3.25. The molecule has 1 fully saturated rings. The maximum Gasteiger partial charge on any atom is 0.313 e. The van der Waals surface area contributed by atoms with Crippen molar-refractivity contribution in [3.05, 3.63) is 0 Å². The van der Waals surface area contributed by atoms with Gasteiger partial charge in [-0.15, -0.1) is 0 Å². The van der Waals surface area contributed by atoms with Gasteiger partial charge < -0.3 is 15.8 Å². The molecule has 0 aromatic rings. The van der Waals surface area contributed by atoms with Crippen LogP contribution in [-0.4, -0.2) is 36.5 Å². The summed E-state index contributed by atoms with van der Waals surface area (Å²) in [6, 6.07) is -0.579. The lowest BCUT2D eigenvalue weighted by molar-refractivity contribution is -0.179. The number of hydrogen-bond donors (Lipinski definition) is 2. The first-order valence-electron chi connectivity index (χ1n) is 7.68. The second kappa shape index (κ2) is 6.05. The van der Waals surface area contributed by atoms with E-state index in [2.05, 4.69) is 5.32 Å². The van der Waals surface area contributed by atoms with E-state index in [1.807, 2.05) is 34.6 Å². The average Bonchev–Trinajstić information content (AvgIpc) is 2.36. The highest BCUT2D eigenvalue weighted by Gasteiger charge is 2.56. The Morgan fingerprint density at radius 3 is 2.00 bits per heavy atom. The van der Waals surface area contributed by atoms with E-state index in [9.17, 15) is 9.59 Å². The van der Waals surface area contributed by atoms with Gasteiger partial charge in [-0.1, -0.05) is 0 Å². The second-order valence-corrected chi connectivity index (χ2v) is 7.61. The SMILES string of the molecule is C[C@H](N)C(=O)C1(C(C)(C)C(=O)OC(C)(C)C)CCNCC1. The summed E-state index contributed by atoms with van der Waals surface area (Å²) in [6.07, 6.45) is 1.22. The molecule has 5 nitrogen and oxygen atoms in total. The number of Topliss-reactive ketones (excluding diaryl/α,β-unsaturated/α-hetero) is 1. The highest BCUT2D eigenvalue weighted by molar-refractivity contribution is 5.95. The first-order chi connectivity index (χ1) is 9.44. The maximum absolute atomic E-state index is 12.8. The maximum atomic E-state index is 12.8. The molecule has 3 N–H and O–H groups in total. The average molecular weight is 298 g/mol. The number of ketones is 1. The fourth-order valence-electron chi connectivity index (χ4n) is 3.07. The molecule has 0 bridgehead atoms. The minimum atomic E-state index is -0.896. The number of carbonyl (C=O) groups is 2. The van der Waals surface area contributed by atoms with Gasteiger partial charge in [0.15, 0.2) is 5.78 Å². The number of carbonyl (C=O) groups excluding carboxylic acids is 2. The third-order valence-corrected chi connectivity index (χ3v) is 4.45. The van der Waals surface area contributed by atoms with Crippen LogP contribution >= 0.6 is 0 Å². The largest absolute Gasteiger partial charge is 0.460 e. The first kappa shape index (κ1) is 18.1.